The summed E-state index contributed by atoms with van der Waals surface area (Å²) >= 11 is 0. The molecule has 0 bridgehead atoms. The van der Waals surface area contributed by atoms with Crippen molar-refractivity contribution in [3.05, 3.63) is 36.1 Å². The topological polar surface area (TPSA) is 70.8 Å². The minimum absolute atomic E-state index is 0.0967. The van der Waals surface area contributed by atoms with Gasteiger partial charge in [-0.05, 0) is 31.9 Å². The van der Waals surface area contributed by atoms with Gasteiger partial charge in [-0.25, -0.2) is 0 Å². The first-order chi connectivity index (χ1) is 10.1. The van der Waals surface area contributed by atoms with Crippen LogP contribution in [-0.4, -0.2) is 34.5 Å². The van der Waals surface area contributed by atoms with Crippen molar-refractivity contribution in [1.29, 1.82) is 0 Å². The molecule has 0 radical (unpaired) electrons. The zero-order chi connectivity index (χ0) is 15.0. The molecular weight excluding hydrogens is 270 g/mol. The van der Waals surface area contributed by atoms with Crippen molar-refractivity contribution in [3.63, 3.8) is 0 Å². The summed E-state index contributed by atoms with van der Waals surface area (Å²) in [5, 5.41) is 9.97. The highest BCUT2D eigenvalue weighted by molar-refractivity contribution is 5.96. The van der Waals surface area contributed by atoms with Gasteiger partial charge in [0.1, 0.15) is 5.58 Å². The van der Waals surface area contributed by atoms with Crippen molar-refractivity contribution in [2.45, 2.75) is 25.8 Å². The Bertz CT molecular complexity index is 657. The average molecular weight is 287 g/mol. The van der Waals surface area contributed by atoms with E-state index in [0.29, 0.717) is 30.7 Å². The lowest BCUT2D eigenvalue weighted by Crippen LogP contribution is -2.45. The number of nitrogens with zero attached hydrogens (tertiary/aromatic N) is 1. The molecular formula is C16H17NO4. The molecule has 0 spiro atoms. The molecule has 1 aliphatic heterocycles. The van der Waals surface area contributed by atoms with Crippen LogP contribution in [0.4, 0.5) is 0 Å². The Balaban J connectivity index is 1.80. The second kappa shape index (κ2) is 5.24. The lowest BCUT2D eigenvalue weighted by molar-refractivity contribution is -0.143. The van der Waals surface area contributed by atoms with Crippen LogP contribution in [0.5, 0.6) is 0 Å². The third-order valence-corrected chi connectivity index (χ3v) is 4.12. The SMILES string of the molecule is CC1CC(C(=O)O)CCN1C(=O)c1cc2ccccc2o1. The van der Waals surface area contributed by atoms with Gasteiger partial charge in [0.25, 0.3) is 5.91 Å². The van der Waals surface area contributed by atoms with Crippen LogP contribution in [0.15, 0.2) is 34.7 Å². The number of rotatable bonds is 2. The van der Waals surface area contributed by atoms with E-state index in [9.17, 15) is 9.59 Å². The Labute approximate surface area is 122 Å². The summed E-state index contributed by atoms with van der Waals surface area (Å²) in [4.78, 5) is 25.3. The molecule has 2 aromatic rings. The third kappa shape index (κ3) is 2.51. The number of carbonyl (C=O) groups is 2. The van der Waals surface area contributed by atoms with E-state index < -0.39 is 5.97 Å². The summed E-state index contributed by atoms with van der Waals surface area (Å²) in [7, 11) is 0. The van der Waals surface area contributed by atoms with Gasteiger partial charge in [-0.1, -0.05) is 18.2 Å². The molecule has 5 nitrogen and oxygen atoms in total. The maximum atomic E-state index is 12.5. The second-order valence-corrected chi connectivity index (χ2v) is 5.56. The average Bonchev–Trinajstić information content (AvgIpc) is 2.90. The van der Waals surface area contributed by atoms with Crippen LogP contribution >= 0.6 is 0 Å². The second-order valence-electron chi connectivity index (χ2n) is 5.56. The summed E-state index contributed by atoms with van der Waals surface area (Å²) < 4.78 is 5.60. The van der Waals surface area contributed by atoms with E-state index in [-0.39, 0.29) is 17.9 Å². The van der Waals surface area contributed by atoms with Crippen LogP contribution in [0.25, 0.3) is 11.0 Å². The summed E-state index contributed by atoms with van der Waals surface area (Å²) in [6, 6.07) is 9.13. The van der Waals surface area contributed by atoms with E-state index >= 15 is 0 Å². The smallest absolute Gasteiger partial charge is 0.306 e. The van der Waals surface area contributed by atoms with Crippen molar-refractivity contribution >= 4 is 22.8 Å². The van der Waals surface area contributed by atoms with E-state index in [1.807, 2.05) is 31.2 Å². The van der Waals surface area contributed by atoms with E-state index in [4.69, 9.17) is 9.52 Å². The minimum atomic E-state index is -0.780. The van der Waals surface area contributed by atoms with Gasteiger partial charge >= 0.3 is 5.97 Å². The van der Waals surface area contributed by atoms with Crippen LogP contribution in [0.2, 0.25) is 0 Å². The predicted molar refractivity (Wildman–Crippen MR) is 77.1 cm³/mol. The van der Waals surface area contributed by atoms with Crippen LogP contribution < -0.4 is 0 Å². The van der Waals surface area contributed by atoms with Crippen LogP contribution in [-0.2, 0) is 4.79 Å². The lowest BCUT2D eigenvalue weighted by atomic mass is 9.91. The molecule has 21 heavy (non-hydrogen) atoms. The number of hydrogen-bond acceptors (Lipinski definition) is 3. The summed E-state index contributed by atoms with van der Waals surface area (Å²) in [6.45, 7) is 2.34. The number of piperidine rings is 1. The molecule has 1 amide bonds. The minimum Gasteiger partial charge on any atom is -0.481 e. The number of furan rings is 1. The number of amides is 1. The van der Waals surface area contributed by atoms with Crippen molar-refractivity contribution in [2.24, 2.45) is 5.92 Å². The first kappa shape index (κ1) is 13.7. The Morgan fingerprint density at radius 1 is 1.33 bits per heavy atom. The molecule has 0 aliphatic carbocycles. The zero-order valence-electron chi connectivity index (χ0n) is 11.8. The maximum Gasteiger partial charge on any atom is 0.306 e. The van der Waals surface area contributed by atoms with Gasteiger partial charge < -0.3 is 14.4 Å². The molecule has 2 unspecified atom stereocenters. The van der Waals surface area contributed by atoms with E-state index in [1.165, 1.54) is 0 Å². The maximum absolute atomic E-state index is 12.5. The van der Waals surface area contributed by atoms with Crippen molar-refractivity contribution in [1.82, 2.24) is 4.90 Å². The van der Waals surface area contributed by atoms with Crippen LogP contribution in [0.1, 0.15) is 30.3 Å². The highest BCUT2D eigenvalue weighted by Crippen LogP contribution is 2.26. The van der Waals surface area contributed by atoms with Gasteiger partial charge in [-0.3, -0.25) is 9.59 Å². The number of hydrogen-bond donors (Lipinski definition) is 1. The molecule has 2 atom stereocenters. The quantitative estimate of drug-likeness (QED) is 0.922. The lowest BCUT2D eigenvalue weighted by Gasteiger charge is -2.35. The molecule has 1 aliphatic rings. The normalized spacial score (nSPS) is 22.4. The Morgan fingerprint density at radius 2 is 2.10 bits per heavy atom. The zero-order valence-corrected chi connectivity index (χ0v) is 11.8. The highest BCUT2D eigenvalue weighted by atomic mass is 16.4. The van der Waals surface area contributed by atoms with Crippen LogP contribution in [0, 0.1) is 5.92 Å². The van der Waals surface area contributed by atoms with E-state index in [2.05, 4.69) is 0 Å². The molecule has 1 aromatic heterocycles. The number of carboxylic acids is 1. The Kier molecular flexibility index (Phi) is 3.41. The van der Waals surface area contributed by atoms with E-state index in [1.54, 1.807) is 11.0 Å². The molecule has 1 fully saturated rings. The predicted octanol–water partition coefficient (Wildman–Crippen LogP) is 2.76. The fourth-order valence-electron chi connectivity index (χ4n) is 2.93. The fraction of sp³-hybridized carbons (Fsp3) is 0.375. The Morgan fingerprint density at radius 3 is 2.76 bits per heavy atom. The van der Waals surface area contributed by atoms with Crippen molar-refractivity contribution in [3.8, 4) is 0 Å². The summed E-state index contributed by atoms with van der Waals surface area (Å²) in [6.07, 6.45) is 0.979. The Hall–Kier alpha value is -2.30. The van der Waals surface area contributed by atoms with E-state index in [0.717, 1.165) is 5.39 Å². The number of benzene rings is 1. The summed E-state index contributed by atoms with van der Waals surface area (Å²) in [5.74, 6) is -0.989. The largest absolute Gasteiger partial charge is 0.481 e. The molecule has 0 saturated carbocycles. The van der Waals surface area contributed by atoms with Crippen molar-refractivity contribution < 1.29 is 19.1 Å². The molecule has 1 saturated heterocycles. The number of para-hydroxylation sites is 1. The van der Waals surface area contributed by atoms with Crippen molar-refractivity contribution in [2.75, 3.05) is 6.54 Å². The van der Waals surface area contributed by atoms with Gasteiger partial charge in [-0.15, -0.1) is 0 Å². The number of carboxylic acid groups (broad SMARTS) is 1. The van der Waals surface area contributed by atoms with Gasteiger partial charge in [0.15, 0.2) is 5.76 Å². The molecule has 110 valence electrons. The standard InChI is InChI=1S/C16H17NO4/c1-10-8-12(16(19)20)6-7-17(10)15(18)14-9-11-4-2-3-5-13(11)21-14/h2-5,9-10,12H,6-8H2,1H3,(H,19,20). The van der Waals surface area contributed by atoms with Gasteiger partial charge in [0.2, 0.25) is 0 Å². The van der Waals surface area contributed by atoms with Gasteiger partial charge in [0.05, 0.1) is 5.92 Å². The number of aliphatic carboxylic acids is 1. The number of fused-ring (bicyclic) bond motifs is 1. The molecule has 1 N–H and O–H groups in total. The van der Waals surface area contributed by atoms with Gasteiger partial charge in [-0.2, -0.15) is 0 Å². The molecule has 2 heterocycles. The molecule has 3 rings (SSSR count). The first-order valence-corrected chi connectivity index (χ1v) is 7.08. The highest BCUT2D eigenvalue weighted by Gasteiger charge is 2.33. The summed E-state index contributed by atoms with van der Waals surface area (Å²) in [5.41, 5.74) is 0.689. The number of carbonyl (C=O) groups excluding carboxylic acids is 1. The van der Waals surface area contributed by atoms with Crippen LogP contribution in [0.3, 0.4) is 0 Å². The van der Waals surface area contributed by atoms with Gasteiger partial charge in [0, 0.05) is 18.0 Å². The fourth-order valence-corrected chi connectivity index (χ4v) is 2.93. The molecule has 5 heteroatoms. The number of likely N-dealkylation sites (tertiary alicyclic amines) is 1. The monoisotopic (exact) mass is 287 g/mol. The third-order valence-electron chi connectivity index (χ3n) is 4.12. The first-order valence-electron chi connectivity index (χ1n) is 7.08. The molecule has 1 aromatic carbocycles.